The molecule has 112 valence electrons. The fourth-order valence-corrected chi connectivity index (χ4v) is 3.13. The molecule has 22 heavy (non-hydrogen) atoms. The van der Waals surface area contributed by atoms with Crippen LogP contribution >= 0.6 is 0 Å². The van der Waals surface area contributed by atoms with Crippen LogP contribution in [0, 0.1) is 0 Å². The van der Waals surface area contributed by atoms with Crippen molar-refractivity contribution in [2.75, 3.05) is 4.90 Å². The first-order chi connectivity index (χ1) is 10.6. The topological polar surface area (TPSA) is 78.1 Å². The molecule has 6 heteroatoms. The normalized spacial score (nSPS) is 24.5. The van der Waals surface area contributed by atoms with Crippen molar-refractivity contribution in [3.05, 3.63) is 36.2 Å². The van der Waals surface area contributed by atoms with E-state index in [2.05, 4.69) is 29.4 Å². The van der Waals surface area contributed by atoms with E-state index in [1.165, 1.54) is 0 Å². The standard InChI is InChI=1S/C16H16N4O2/c1-9-5-7-20(12-2-3-13(21)18-16(12)22)15-11(9)8-10-4-6-17-14(10)19-15/h4-9,12H,2-3H2,1H3,(H,17,19)(H,18,21,22)/t9-,12?/m1/s1. The second kappa shape index (κ2) is 4.69. The molecule has 4 rings (SSSR count). The van der Waals surface area contributed by atoms with Gasteiger partial charge in [0.1, 0.15) is 17.5 Å². The van der Waals surface area contributed by atoms with E-state index in [-0.39, 0.29) is 23.8 Å². The van der Waals surface area contributed by atoms with Gasteiger partial charge in [-0.05, 0) is 18.6 Å². The number of allylic oxidation sites excluding steroid dienone is 1. The van der Waals surface area contributed by atoms with Gasteiger partial charge in [-0.1, -0.05) is 13.0 Å². The first-order valence-corrected chi connectivity index (χ1v) is 7.42. The van der Waals surface area contributed by atoms with Crippen molar-refractivity contribution in [3.63, 3.8) is 0 Å². The Morgan fingerprint density at radius 2 is 2.23 bits per heavy atom. The number of amides is 2. The maximum Gasteiger partial charge on any atom is 0.249 e. The number of nitrogens with one attached hydrogen (secondary N) is 2. The van der Waals surface area contributed by atoms with E-state index in [1.54, 1.807) is 0 Å². The molecule has 0 saturated carbocycles. The third-order valence-corrected chi connectivity index (χ3v) is 4.36. The second-order valence-electron chi connectivity index (χ2n) is 5.82. The number of fused-ring (bicyclic) bond motifs is 2. The number of carbonyl (C=O) groups is 2. The van der Waals surface area contributed by atoms with Gasteiger partial charge in [-0.15, -0.1) is 0 Å². The van der Waals surface area contributed by atoms with Gasteiger partial charge in [-0.3, -0.25) is 14.9 Å². The molecule has 0 bridgehead atoms. The molecule has 2 aliphatic rings. The zero-order valence-corrected chi connectivity index (χ0v) is 12.2. The van der Waals surface area contributed by atoms with Gasteiger partial charge < -0.3 is 9.88 Å². The first kappa shape index (κ1) is 13.1. The minimum absolute atomic E-state index is 0.205. The zero-order valence-electron chi connectivity index (χ0n) is 12.2. The summed E-state index contributed by atoms with van der Waals surface area (Å²) in [5.41, 5.74) is 1.90. The Morgan fingerprint density at radius 1 is 1.36 bits per heavy atom. The Kier molecular flexibility index (Phi) is 2.79. The number of H-pyrrole nitrogens is 1. The summed E-state index contributed by atoms with van der Waals surface area (Å²) in [6.07, 6.45) is 6.70. The largest absolute Gasteiger partial charge is 0.346 e. The van der Waals surface area contributed by atoms with Crippen LogP contribution in [0.25, 0.3) is 11.0 Å². The third kappa shape index (κ3) is 1.91. The average Bonchev–Trinajstić information content (AvgIpc) is 2.94. The molecule has 2 amide bonds. The number of rotatable bonds is 1. The lowest BCUT2D eigenvalue weighted by molar-refractivity contribution is -0.134. The maximum atomic E-state index is 12.2. The van der Waals surface area contributed by atoms with Crippen LogP contribution in [0.1, 0.15) is 31.2 Å². The molecule has 2 aromatic rings. The summed E-state index contributed by atoms with van der Waals surface area (Å²) in [5, 5.41) is 3.47. The quantitative estimate of drug-likeness (QED) is 0.787. The summed E-state index contributed by atoms with van der Waals surface area (Å²) >= 11 is 0. The molecule has 2 aromatic heterocycles. The van der Waals surface area contributed by atoms with Crippen molar-refractivity contribution < 1.29 is 9.59 Å². The van der Waals surface area contributed by atoms with Crippen molar-refractivity contribution >= 4 is 28.7 Å². The lowest BCUT2D eigenvalue weighted by atomic mass is 9.95. The van der Waals surface area contributed by atoms with Crippen LogP contribution in [0.4, 0.5) is 5.82 Å². The van der Waals surface area contributed by atoms with Crippen LogP contribution in [0.15, 0.2) is 30.6 Å². The number of anilines is 1. The van der Waals surface area contributed by atoms with Gasteiger partial charge in [0.25, 0.3) is 0 Å². The number of hydrogen-bond acceptors (Lipinski definition) is 4. The van der Waals surface area contributed by atoms with E-state index < -0.39 is 0 Å². The van der Waals surface area contributed by atoms with Crippen LogP contribution in [-0.4, -0.2) is 27.8 Å². The second-order valence-corrected chi connectivity index (χ2v) is 5.82. The summed E-state index contributed by atoms with van der Waals surface area (Å²) in [7, 11) is 0. The summed E-state index contributed by atoms with van der Waals surface area (Å²) in [4.78, 5) is 33.2. The van der Waals surface area contributed by atoms with Crippen molar-refractivity contribution in [2.45, 2.75) is 31.7 Å². The Morgan fingerprint density at radius 3 is 3.05 bits per heavy atom. The summed E-state index contributed by atoms with van der Waals surface area (Å²) in [6.45, 7) is 2.11. The predicted molar refractivity (Wildman–Crippen MR) is 82.3 cm³/mol. The molecule has 1 fully saturated rings. The van der Waals surface area contributed by atoms with Gasteiger partial charge in [0, 0.05) is 35.7 Å². The number of aromatic nitrogens is 2. The van der Waals surface area contributed by atoms with Gasteiger partial charge in [-0.2, -0.15) is 0 Å². The highest BCUT2D eigenvalue weighted by Crippen LogP contribution is 2.36. The number of nitrogens with zero attached hydrogens (tertiary/aromatic N) is 2. The van der Waals surface area contributed by atoms with E-state index in [9.17, 15) is 9.59 Å². The van der Waals surface area contributed by atoms with E-state index in [1.807, 2.05) is 23.4 Å². The number of pyridine rings is 1. The molecule has 2 N–H and O–H groups in total. The van der Waals surface area contributed by atoms with Crippen molar-refractivity contribution in [1.29, 1.82) is 0 Å². The molecule has 0 aliphatic carbocycles. The smallest absolute Gasteiger partial charge is 0.249 e. The summed E-state index contributed by atoms with van der Waals surface area (Å²) < 4.78 is 0. The Hall–Kier alpha value is -2.63. The SMILES string of the molecule is C[C@@H]1C=CN(C2CCC(=O)NC2=O)c2nc3[nH]ccc3cc21. The van der Waals surface area contributed by atoms with E-state index in [4.69, 9.17) is 4.98 Å². The fraction of sp³-hybridized carbons (Fsp3) is 0.312. The molecule has 2 atom stereocenters. The number of aromatic amines is 1. The Bertz CT molecular complexity index is 808. The minimum atomic E-state index is -0.389. The number of carbonyl (C=O) groups excluding carboxylic acids is 2. The highest BCUT2D eigenvalue weighted by atomic mass is 16.2. The zero-order chi connectivity index (χ0) is 15.3. The van der Waals surface area contributed by atoms with Crippen molar-refractivity contribution in [2.24, 2.45) is 0 Å². The molecule has 1 saturated heterocycles. The lowest BCUT2D eigenvalue weighted by Gasteiger charge is -2.35. The third-order valence-electron chi connectivity index (χ3n) is 4.36. The molecular formula is C16H16N4O2. The van der Waals surface area contributed by atoms with Crippen LogP contribution in [0.3, 0.4) is 0 Å². The Balaban J connectivity index is 1.80. The van der Waals surface area contributed by atoms with Crippen LogP contribution < -0.4 is 10.2 Å². The maximum absolute atomic E-state index is 12.2. The van der Waals surface area contributed by atoms with Crippen LogP contribution in [0.2, 0.25) is 0 Å². The molecule has 0 aromatic carbocycles. The van der Waals surface area contributed by atoms with Gasteiger partial charge in [0.05, 0.1) is 0 Å². The Labute approximate surface area is 127 Å². The summed E-state index contributed by atoms with van der Waals surface area (Å²) in [6, 6.07) is 3.71. The monoisotopic (exact) mass is 296 g/mol. The number of piperidine rings is 1. The molecule has 2 aliphatic heterocycles. The molecule has 0 spiro atoms. The molecule has 4 heterocycles. The summed E-state index contributed by atoms with van der Waals surface area (Å²) in [5.74, 6) is 0.573. The van der Waals surface area contributed by atoms with Crippen molar-refractivity contribution in [3.8, 4) is 0 Å². The van der Waals surface area contributed by atoms with Gasteiger partial charge in [-0.25, -0.2) is 4.98 Å². The molecule has 0 radical (unpaired) electrons. The van der Waals surface area contributed by atoms with Crippen LogP contribution in [-0.2, 0) is 9.59 Å². The average molecular weight is 296 g/mol. The van der Waals surface area contributed by atoms with Gasteiger partial charge in [0.15, 0.2) is 0 Å². The first-order valence-electron chi connectivity index (χ1n) is 7.42. The van der Waals surface area contributed by atoms with Gasteiger partial charge in [0.2, 0.25) is 11.8 Å². The van der Waals surface area contributed by atoms with E-state index in [0.717, 1.165) is 22.4 Å². The molecule has 1 unspecified atom stereocenters. The fourth-order valence-electron chi connectivity index (χ4n) is 3.13. The highest BCUT2D eigenvalue weighted by molar-refractivity contribution is 6.02. The van der Waals surface area contributed by atoms with Gasteiger partial charge >= 0.3 is 0 Å². The highest BCUT2D eigenvalue weighted by Gasteiger charge is 2.34. The predicted octanol–water partition coefficient (Wildman–Crippen LogP) is 1.81. The van der Waals surface area contributed by atoms with E-state index in [0.29, 0.717) is 12.8 Å². The minimum Gasteiger partial charge on any atom is -0.346 e. The van der Waals surface area contributed by atoms with Crippen LogP contribution in [0.5, 0.6) is 0 Å². The molecule has 6 nitrogen and oxygen atoms in total. The van der Waals surface area contributed by atoms with E-state index >= 15 is 0 Å². The lowest BCUT2D eigenvalue weighted by Crippen LogP contribution is -2.51. The van der Waals surface area contributed by atoms with Crippen molar-refractivity contribution in [1.82, 2.24) is 15.3 Å². The number of hydrogen-bond donors (Lipinski definition) is 2. The number of imide groups is 1. The molecular weight excluding hydrogens is 280 g/mol.